The van der Waals surface area contributed by atoms with Crippen molar-refractivity contribution in [3.8, 4) is 0 Å². The zero-order valence-corrected chi connectivity index (χ0v) is 18.8. The Labute approximate surface area is 196 Å². The van der Waals surface area contributed by atoms with E-state index >= 15 is 0 Å². The lowest BCUT2D eigenvalue weighted by Gasteiger charge is -2.29. The lowest BCUT2D eigenvalue weighted by Crippen LogP contribution is -2.49. The number of carbonyl (C=O) groups is 2. The van der Waals surface area contributed by atoms with Crippen LogP contribution in [0.2, 0.25) is 0 Å². The van der Waals surface area contributed by atoms with E-state index in [0.29, 0.717) is 10.8 Å². The fraction of sp³-hybridized carbons (Fsp3) is 0.200. The van der Waals surface area contributed by atoms with Gasteiger partial charge in [0.15, 0.2) is 0 Å². The number of ether oxygens (including phenoxy) is 1. The second-order valence-electron chi connectivity index (χ2n) is 7.60. The minimum atomic E-state index is -0.840. The molecule has 0 fully saturated rings. The van der Waals surface area contributed by atoms with Gasteiger partial charge in [0.2, 0.25) is 5.91 Å². The molecule has 1 aliphatic rings. The van der Waals surface area contributed by atoms with Gasteiger partial charge in [0, 0.05) is 5.39 Å². The predicted molar refractivity (Wildman–Crippen MR) is 127 cm³/mol. The van der Waals surface area contributed by atoms with Gasteiger partial charge < -0.3 is 10.1 Å². The van der Waals surface area contributed by atoms with E-state index in [0.717, 1.165) is 16.3 Å². The summed E-state index contributed by atoms with van der Waals surface area (Å²) in [6, 6.07) is 21.9. The summed E-state index contributed by atoms with van der Waals surface area (Å²) in [6.07, 6.45) is 0.646. The van der Waals surface area contributed by atoms with Crippen molar-refractivity contribution in [3.05, 3.63) is 89.6 Å². The van der Waals surface area contributed by atoms with Crippen LogP contribution in [0.15, 0.2) is 84.0 Å². The molecule has 0 spiro atoms. The van der Waals surface area contributed by atoms with Crippen LogP contribution in [0.5, 0.6) is 0 Å². The molecule has 1 heterocycles. The highest BCUT2D eigenvalue weighted by Gasteiger charge is 2.30. The SMILES string of the molecule is C[C@@H](C(=O)NCC1C=C(Cl)NO1)N(C(=O)OCc1ccccc1)c1cccc2ccccc12. The molecule has 0 radical (unpaired) electrons. The van der Waals surface area contributed by atoms with Gasteiger partial charge in [0.25, 0.3) is 0 Å². The van der Waals surface area contributed by atoms with Gasteiger partial charge in [-0.3, -0.25) is 20.0 Å². The molecule has 0 aliphatic carbocycles. The number of nitrogens with one attached hydrogen (secondary N) is 2. The van der Waals surface area contributed by atoms with E-state index in [2.05, 4.69) is 10.8 Å². The highest BCUT2D eigenvalue weighted by Crippen LogP contribution is 2.29. The minimum absolute atomic E-state index is 0.0974. The molecule has 8 heteroatoms. The van der Waals surface area contributed by atoms with E-state index in [1.54, 1.807) is 13.0 Å². The molecule has 170 valence electrons. The van der Waals surface area contributed by atoms with Crippen LogP contribution >= 0.6 is 11.6 Å². The number of hydroxylamine groups is 1. The van der Waals surface area contributed by atoms with E-state index in [9.17, 15) is 9.59 Å². The minimum Gasteiger partial charge on any atom is -0.444 e. The number of benzene rings is 3. The van der Waals surface area contributed by atoms with Crippen LogP contribution in [0.4, 0.5) is 10.5 Å². The van der Waals surface area contributed by atoms with Gasteiger partial charge in [-0.1, -0.05) is 78.3 Å². The third-order valence-electron chi connectivity index (χ3n) is 5.31. The maximum atomic E-state index is 13.3. The number of fused-ring (bicyclic) bond motifs is 1. The van der Waals surface area contributed by atoms with Crippen molar-refractivity contribution < 1.29 is 19.2 Å². The number of carbonyl (C=O) groups excluding carboxylic acids is 2. The molecule has 2 amide bonds. The van der Waals surface area contributed by atoms with Crippen molar-refractivity contribution in [1.82, 2.24) is 10.8 Å². The first-order valence-electron chi connectivity index (χ1n) is 10.6. The number of rotatable bonds is 7. The smallest absolute Gasteiger partial charge is 0.415 e. The first kappa shape index (κ1) is 22.6. The second kappa shape index (κ2) is 10.4. The highest BCUT2D eigenvalue weighted by atomic mass is 35.5. The molecule has 0 saturated carbocycles. The largest absolute Gasteiger partial charge is 0.444 e. The standard InChI is InChI=1S/C25H24ClN3O4/c1-17(24(30)27-15-20-14-23(26)28-33-20)29(25(31)32-16-18-8-3-2-4-9-18)22-13-7-11-19-10-5-6-12-21(19)22/h2-14,17,20,28H,15-16H2,1H3,(H,27,30)/t17-,20?/m0/s1. The normalized spacial score (nSPS) is 15.9. The van der Waals surface area contributed by atoms with Crippen LogP contribution < -0.4 is 15.7 Å². The maximum absolute atomic E-state index is 13.3. The van der Waals surface area contributed by atoms with Gasteiger partial charge in [-0.15, -0.1) is 0 Å². The van der Waals surface area contributed by atoms with Crippen molar-refractivity contribution in [2.45, 2.75) is 25.7 Å². The molecule has 3 aromatic carbocycles. The zero-order chi connectivity index (χ0) is 23.2. The Morgan fingerprint density at radius 2 is 1.82 bits per heavy atom. The van der Waals surface area contributed by atoms with E-state index in [1.165, 1.54) is 4.90 Å². The Balaban J connectivity index is 1.57. The number of halogens is 1. The number of hydrogen-bond acceptors (Lipinski definition) is 5. The Bertz CT molecular complexity index is 1160. The van der Waals surface area contributed by atoms with Crippen LogP contribution in [0, 0.1) is 0 Å². The lowest BCUT2D eigenvalue weighted by atomic mass is 10.1. The summed E-state index contributed by atoms with van der Waals surface area (Å²) in [5.74, 6) is -0.348. The summed E-state index contributed by atoms with van der Waals surface area (Å²) in [5, 5.41) is 4.97. The van der Waals surface area contributed by atoms with Crippen molar-refractivity contribution in [2.24, 2.45) is 0 Å². The Kier molecular flexibility index (Phi) is 7.12. The molecule has 7 nitrogen and oxygen atoms in total. The fourth-order valence-corrected chi connectivity index (χ4v) is 3.79. The van der Waals surface area contributed by atoms with Crippen LogP contribution in [0.25, 0.3) is 10.8 Å². The third-order valence-corrected chi connectivity index (χ3v) is 5.52. The zero-order valence-electron chi connectivity index (χ0n) is 18.0. The summed E-state index contributed by atoms with van der Waals surface area (Å²) < 4.78 is 5.60. The fourth-order valence-electron chi connectivity index (χ4n) is 3.60. The first-order valence-corrected chi connectivity index (χ1v) is 10.9. The van der Waals surface area contributed by atoms with Gasteiger partial charge in [-0.2, -0.15) is 0 Å². The van der Waals surface area contributed by atoms with Gasteiger partial charge in [0.05, 0.1) is 12.2 Å². The number of hydrogen-bond donors (Lipinski definition) is 2. The van der Waals surface area contributed by atoms with E-state index in [4.69, 9.17) is 21.2 Å². The molecule has 0 saturated heterocycles. The molecule has 4 rings (SSSR count). The number of amides is 2. The first-order chi connectivity index (χ1) is 16.0. The van der Waals surface area contributed by atoms with E-state index < -0.39 is 18.2 Å². The van der Waals surface area contributed by atoms with E-state index in [1.807, 2.05) is 72.8 Å². The average molecular weight is 466 g/mol. The quantitative estimate of drug-likeness (QED) is 0.503. The molecule has 0 bridgehead atoms. The third kappa shape index (κ3) is 5.45. The molecular weight excluding hydrogens is 442 g/mol. The summed E-state index contributed by atoms with van der Waals surface area (Å²) in [7, 11) is 0. The highest BCUT2D eigenvalue weighted by molar-refractivity contribution is 6.29. The predicted octanol–water partition coefficient (Wildman–Crippen LogP) is 4.47. The summed E-state index contributed by atoms with van der Waals surface area (Å²) in [6.45, 7) is 1.96. The molecule has 0 aromatic heterocycles. The van der Waals surface area contributed by atoms with Crippen LogP contribution in [-0.4, -0.2) is 30.7 Å². The number of nitrogens with zero attached hydrogens (tertiary/aromatic N) is 1. The number of anilines is 1. The Morgan fingerprint density at radius 1 is 1.09 bits per heavy atom. The topological polar surface area (TPSA) is 79.9 Å². The van der Waals surface area contributed by atoms with Gasteiger partial charge in [0.1, 0.15) is 23.9 Å². The summed E-state index contributed by atoms with van der Waals surface area (Å²) in [4.78, 5) is 32.9. The average Bonchev–Trinajstić information content (AvgIpc) is 3.27. The van der Waals surface area contributed by atoms with Gasteiger partial charge in [-0.25, -0.2) is 4.79 Å². The van der Waals surface area contributed by atoms with Gasteiger partial charge in [-0.05, 0) is 30.0 Å². The van der Waals surface area contributed by atoms with E-state index in [-0.39, 0.29) is 19.1 Å². The van der Waals surface area contributed by atoms with Crippen molar-refractivity contribution in [3.63, 3.8) is 0 Å². The van der Waals surface area contributed by atoms with Crippen molar-refractivity contribution in [1.29, 1.82) is 0 Å². The van der Waals surface area contributed by atoms with Crippen LogP contribution in [-0.2, 0) is 21.0 Å². The van der Waals surface area contributed by atoms with Crippen LogP contribution in [0.1, 0.15) is 12.5 Å². The molecule has 3 aromatic rings. The van der Waals surface area contributed by atoms with Crippen molar-refractivity contribution in [2.75, 3.05) is 11.4 Å². The summed E-state index contributed by atoms with van der Waals surface area (Å²) in [5.41, 5.74) is 3.98. The Morgan fingerprint density at radius 3 is 2.58 bits per heavy atom. The van der Waals surface area contributed by atoms with Crippen LogP contribution in [0.3, 0.4) is 0 Å². The molecule has 33 heavy (non-hydrogen) atoms. The molecular formula is C25H24ClN3O4. The maximum Gasteiger partial charge on any atom is 0.415 e. The van der Waals surface area contributed by atoms with Gasteiger partial charge >= 0.3 is 6.09 Å². The molecule has 1 aliphatic heterocycles. The lowest BCUT2D eigenvalue weighted by molar-refractivity contribution is -0.122. The summed E-state index contributed by atoms with van der Waals surface area (Å²) >= 11 is 5.84. The molecule has 2 N–H and O–H groups in total. The molecule has 2 atom stereocenters. The molecule has 1 unspecified atom stereocenters. The second-order valence-corrected chi connectivity index (χ2v) is 8.01. The monoisotopic (exact) mass is 465 g/mol. The van der Waals surface area contributed by atoms with Crippen molar-refractivity contribution >= 4 is 40.1 Å². The Hall–Kier alpha value is -3.55.